The Hall–Kier alpha value is -1.57. The summed E-state index contributed by atoms with van der Waals surface area (Å²) in [5, 5.41) is 0. The highest BCUT2D eigenvalue weighted by Gasteiger charge is 2.20. The Morgan fingerprint density at radius 1 is 0.960 bits per heavy atom. The van der Waals surface area contributed by atoms with Crippen molar-refractivity contribution in [2.75, 3.05) is 0 Å². The topological polar surface area (TPSA) is 8.81 Å². The number of imidazole rings is 1. The van der Waals surface area contributed by atoms with Crippen molar-refractivity contribution >= 4 is 0 Å². The Morgan fingerprint density at radius 2 is 1.72 bits per heavy atom. The molecule has 0 amide bonds. The molecule has 0 bridgehead atoms. The molecular formula is C23H37N2+. The van der Waals surface area contributed by atoms with Crippen molar-refractivity contribution in [2.24, 2.45) is 5.92 Å². The van der Waals surface area contributed by atoms with E-state index in [-0.39, 0.29) is 0 Å². The molecule has 0 N–H and O–H groups in total. The van der Waals surface area contributed by atoms with Crippen LogP contribution in [0.4, 0.5) is 0 Å². The zero-order valence-electron chi connectivity index (χ0n) is 16.5. The molecule has 0 saturated carbocycles. The number of hydrogen-bond acceptors (Lipinski definition) is 0. The fraction of sp³-hybridized carbons (Fsp3) is 0.609. The molecule has 2 nitrogen and oxygen atoms in total. The molecule has 1 atom stereocenters. The summed E-state index contributed by atoms with van der Waals surface area (Å²) in [7, 11) is 0. The predicted octanol–water partition coefficient (Wildman–Crippen LogP) is 5.97. The summed E-state index contributed by atoms with van der Waals surface area (Å²) in [6, 6.07) is 11.4. The predicted molar refractivity (Wildman–Crippen MR) is 107 cm³/mol. The van der Waals surface area contributed by atoms with E-state index in [1.165, 1.54) is 50.5 Å². The number of hydrogen-bond donors (Lipinski definition) is 0. The van der Waals surface area contributed by atoms with E-state index in [1.807, 2.05) is 0 Å². The fourth-order valence-electron chi connectivity index (χ4n) is 3.63. The van der Waals surface area contributed by atoms with E-state index in [4.69, 9.17) is 0 Å². The smallest absolute Gasteiger partial charge is 0.237 e. The first-order valence-electron chi connectivity index (χ1n) is 10.3. The van der Waals surface area contributed by atoms with Crippen molar-refractivity contribution in [3.8, 4) is 0 Å². The molecule has 0 aliphatic heterocycles. The second-order valence-electron chi connectivity index (χ2n) is 7.70. The van der Waals surface area contributed by atoms with Gasteiger partial charge < -0.3 is 0 Å². The molecule has 1 heterocycles. The Labute approximate surface area is 154 Å². The first-order chi connectivity index (χ1) is 12.2. The van der Waals surface area contributed by atoms with Crippen LogP contribution in [0.3, 0.4) is 0 Å². The zero-order valence-corrected chi connectivity index (χ0v) is 16.5. The molecule has 138 valence electrons. The van der Waals surface area contributed by atoms with E-state index in [1.54, 1.807) is 0 Å². The molecular weight excluding hydrogens is 304 g/mol. The molecule has 25 heavy (non-hydrogen) atoms. The molecule has 0 fully saturated rings. The SMILES string of the molecule is CCCCCCC[C@@H](C(C)C)n1cc[n+](CCCc2ccccc2)c1. The summed E-state index contributed by atoms with van der Waals surface area (Å²) in [4.78, 5) is 0. The molecule has 0 unspecified atom stereocenters. The van der Waals surface area contributed by atoms with Gasteiger partial charge in [-0.15, -0.1) is 0 Å². The number of benzene rings is 1. The lowest BCUT2D eigenvalue weighted by Crippen LogP contribution is -2.31. The minimum atomic E-state index is 0.636. The third-order valence-electron chi connectivity index (χ3n) is 5.19. The van der Waals surface area contributed by atoms with Gasteiger partial charge in [-0.2, -0.15) is 0 Å². The second-order valence-corrected chi connectivity index (χ2v) is 7.70. The molecule has 1 aromatic carbocycles. The van der Waals surface area contributed by atoms with Crippen LogP contribution in [-0.2, 0) is 13.0 Å². The third kappa shape index (κ3) is 7.05. The maximum absolute atomic E-state index is 2.45. The van der Waals surface area contributed by atoms with Crippen molar-refractivity contribution in [3.05, 3.63) is 54.6 Å². The van der Waals surface area contributed by atoms with Crippen LogP contribution < -0.4 is 4.57 Å². The van der Waals surface area contributed by atoms with Crippen molar-refractivity contribution in [3.63, 3.8) is 0 Å². The van der Waals surface area contributed by atoms with Crippen LogP contribution in [0, 0.1) is 5.92 Å². The second kappa shape index (κ2) is 11.1. The van der Waals surface area contributed by atoms with Crippen LogP contribution in [0.5, 0.6) is 0 Å². The van der Waals surface area contributed by atoms with E-state index >= 15 is 0 Å². The molecule has 2 aromatic rings. The Bertz CT molecular complexity index is 571. The van der Waals surface area contributed by atoms with Crippen LogP contribution in [0.1, 0.15) is 77.3 Å². The van der Waals surface area contributed by atoms with E-state index < -0.39 is 0 Å². The Kier molecular flexibility index (Phi) is 8.79. The lowest BCUT2D eigenvalue weighted by atomic mass is 9.97. The molecule has 0 radical (unpaired) electrons. The monoisotopic (exact) mass is 341 g/mol. The van der Waals surface area contributed by atoms with Gasteiger partial charge in [0, 0.05) is 0 Å². The largest absolute Gasteiger partial charge is 0.243 e. The summed E-state index contributed by atoms with van der Waals surface area (Å²) >= 11 is 0. The van der Waals surface area contributed by atoms with Gasteiger partial charge >= 0.3 is 0 Å². The maximum Gasteiger partial charge on any atom is 0.243 e. The minimum Gasteiger partial charge on any atom is -0.237 e. The van der Waals surface area contributed by atoms with Crippen LogP contribution in [0.15, 0.2) is 49.1 Å². The standard InChI is InChI=1S/C23H37N2/c1-4-5-6-7-11-16-23(21(2)3)25-19-18-24(20-25)17-12-15-22-13-9-8-10-14-22/h8-10,13-14,18-21,23H,4-7,11-12,15-17H2,1-3H3/q+1/t23-/m0/s1. The van der Waals surface area contributed by atoms with E-state index in [9.17, 15) is 0 Å². The van der Waals surface area contributed by atoms with Gasteiger partial charge in [-0.05, 0) is 37.2 Å². The van der Waals surface area contributed by atoms with Gasteiger partial charge in [-0.25, -0.2) is 9.13 Å². The minimum absolute atomic E-state index is 0.636. The molecule has 0 spiro atoms. The van der Waals surface area contributed by atoms with Gasteiger partial charge in [0.05, 0.1) is 6.54 Å². The maximum atomic E-state index is 2.45. The summed E-state index contributed by atoms with van der Waals surface area (Å²) in [6.07, 6.45) is 17.4. The lowest BCUT2D eigenvalue weighted by Gasteiger charge is -2.17. The summed E-state index contributed by atoms with van der Waals surface area (Å²) < 4.78 is 4.81. The molecule has 2 heteroatoms. The highest BCUT2D eigenvalue weighted by Crippen LogP contribution is 2.24. The summed E-state index contributed by atoms with van der Waals surface area (Å²) in [6.45, 7) is 8.10. The van der Waals surface area contributed by atoms with Gasteiger partial charge in [0.15, 0.2) is 0 Å². The highest BCUT2D eigenvalue weighted by atomic mass is 15.1. The molecule has 0 aliphatic rings. The Morgan fingerprint density at radius 3 is 2.44 bits per heavy atom. The van der Waals surface area contributed by atoms with Crippen LogP contribution in [-0.4, -0.2) is 4.57 Å². The first-order valence-corrected chi connectivity index (χ1v) is 10.3. The normalized spacial score (nSPS) is 12.6. The molecule has 0 aliphatic carbocycles. The van der Waals surface area contributed by atoms with E-state index in [2.05, 4.69) is 79.0 Å². The van der Waals surface area contributed by atoms with Gasteiger partial charge in [0.2, 0.25) is 6.33 Å². The molecule has 0 saturated heterocycles. The number of rotatable bonds is 12. The average Bonchev–Trinajstić information content (AvgIpc) is 3.07. The fourth-order valence-corrected chi connectivity index (χ4v) is 3.63. The molecule has 1 aromatic heterocycles. The zero-order chi connectivity index (χ0) is 17.9. The molecule has 2 rings (SSSR count). The number of unbranched alkanes of at least 4 members (excludes halogenated alkanes) is 4. The van der Waals surface area contributed by atoms with Gasteiger partial charge in [-0.1, -0.05) is 76.8 Å². The van der Waals surface area contributed by atoms with E-state index in [0.717, 1.165) is 13.0 Å². The summed E-state index contributed by atoms with van der Waals surface area (Å²) in [5.74, 6) is 0.691. The van der Waals surface area contributed by atoms with Crippen molar-refractivity contribution in [1.82, 2.24) is 4.57 Å². The van der Waals surface area contributed by atoms with Gasteiger partial charge in [0.1, 0.15) is 18.4 Å². The highest BCUT2D eigenvalue weighted by molar-refractivity contribution is 5.14. The Balaban J connectivity index is 1.80. The first kappa shape index (κ1) is 19.8. The number of aryl methyl sites for hydroxylation is 2. The van der Waals surface area contributed by atoms with Crippen molar-refractivity contribution in [1.29, 1.82) is 0 Å². The third-order valence-corrected chi connectivity index (χ3v) is 5.19. The van der Waals surface area contributed by atoms with Crippen LogP contribution >= 0.6 is 0 Å². The summed E-state index contributed by atoms with van der Waals surface area (Å²) in [5.41, 5.74) is 1.44. The van der Waals surface area contributed by atoms with Crippen LogP contribution in [0.2, 0.25) is 0 Å². The van der Waals surface area contributed by atoms with Crippen LogP contribution in [0.25, 0.3) is 0 Å². The van der Waals surface area contributed by atoms with Gasteiger partial charge in [0.25, 0.3) is 0 Å². The van der Waals surface area contributed by atoms with E-state index in [0.29, 0.717) is 12.0 Å². The quantitative estimate of drug-likeness (QED) is 0.332. The lowest BCUT2D eigenvalue weighted by molar-refractivity contribution is -0.696. The number of aromatic nitrogens is 2. The van der Waals surface area contributed by atoms with Crippen molar-refractivity contribution in [2.45, 2.75) is 84.7 Å². The van der Waals surface area contributed by atoms with Gasteiger partial charge in [-0.3, -0.25) is 0 Å². The average molecular weight is 342 g/mol. The number of nitrogens with zero attached hydrogens (tertiary/aromatic N) is 2. The van der Waals surface area contributed by atoms with Crippen molar-refractivity contribution < 1.29 is 4.57 Å².